The standard InChI is InChI=1S/C12H23BrO/c1-2-3-4-5-6-12(11-13)7-9-14-10-8-12/h2-11H2,1H3. The molecule has 0 atom stereocenters. The van der Waals surface area contributed by atoms with Crippen molar-refractivity contribution in [2.75, 3.05) is 18.5 Å². The minimum absolute atomic E-state index is 0.561. The summed E-state index contributed by atoms with van der Waals surface area (Å²) in [5.74, 6) is 0. The van der Waals surface area contributed by atoms with Crippen molar-refractivity contribution in [2.24, 2.45) is 5.41 Å². The molecule has 0 saturated carbocycles. The van der Waals surface area contributed by atoms with Gasteiger partial charge in [-0.05, 0) is 24.7 Å². The Hall–Kier alpha value is 0.440. The summed E-state index contributed by atoms with van der Waals surface area (Å²) in [6.07, 6.45) is 9.45. The molecule has 0 aliphatic carbocycles. The first kappa shape index (κ1) is 12.5. The molecule has 1 fully saturated rings. The number of alkyl halides is 1. The van der Waals surface area contributed by atoms with Crippen LogP contribution in [0, 0.1) is 5.41 Å². The molecule has 1 rings (SSSR count). The smallest absolute Gasteiger partial charge is 0.0471 e. The van der Waals surface area contributed by atoms with Gasteiger partial charge >= 0.3 is 0 Å². The van der Waals surface area contributed by atoms with E-state index >= 15 is 0 Å². The summed E-state index contributed by atoms with van der Waals surface area (Å²) in [4.78, 5) is 0. The predicted molar refractivity (Wildman–Crippen MR) is 65.0 cm³/mol. The fourth-order valence-electron chi connectivity index (χ4n) is 2.18. The van der Waals surface area contributed by atoms with Gasteiger partial charge in [-0.25, -0.2) is 0 Å². The molecule has 0 radical (unpaired) electrons. The molecular formula is C12H23BrO. The second kappa shape index (κ2) is 6.84. The molecule has 0 amide bonds. The predicted octanol–water partition coefficient (Wildman–Crippen LogP) is 4.15. The van der Waals surface area contributed by atoms with Gasteiger partial charge in [-0.15, -0.1) is 0 Å². The van der Waals surface area contributed by atoms with E-state index in [0.29, 0.717) is 5.41 Å². The maximum Gasteiger partial charge on any atom is 0.0471 e. The number of ether oxygens (including phenoxy) is 1. The molecule has 0 unspecified atom stereocenters. The third-order valence-electron chi connectivity index (χ3n) is 3.40. The molecular weight excluding hydrogens is 240 g/mol. The zero-order chi connectivity index (χ0) is 10.3. The minimum atomic E-state index is 0.561. The first-order valence-electron chi connectivity index (χ1n) is 5.97. The Bertz CT molecular complexity index is 141. The van der Waals surface area contributed by atoms with Crippen LogP contribution in [0.4, 0.5) is 0 Å². The Kier molecular flexibility index (Phi) is 6.11. The molecule has 0 aromatic carbocycles. The van der Waals surface area contributed by atoms with E-state index in [9.17, 15) is 0 Å². The molecule has 0 spiro atoms. The second-order valence-corrected chi connectivity index (χ2v) is 5.12. The molecule has 0 aromatic heterocycles. The fraction of sp³-hybridized carbons (Fsp3) is 1.00. The van der Waals surface area contributed by atoms with E-state index in [1.54, 1.807) is 0 Å². The lowest BCUT2D eigenvalue weighted by Gasteiger charge is -2.35. The quantitative estimate of drug-likeness (QED) is 0.516. The zero-order valence-corrected chi connectivity index (χ0v) is 10.9. The topological polar surface area (TPSA) is 9.23 Å². The molecule has 0 aromatic rings. The summed E-state index contributed by atoms with van der Waals surface area (Å²) in [5.41, 5.74) is 0.561. The van der Waals surface area contributed by atoms with Crippen LogP contribution in [-0.2, 0) is 4.74 Å². The van der Waals surface area contributed by atoms with Crippen LogP contribution < -0.4 is 0 Å². The summed E-state index contributed by atoms with van der Waals surface area (Å²) < 4.78 is 5.43. The van der Waals surface area contributed by atoms with Crippen molar-refractivity contribution in [1.29, 1.82) is 0 Å². The van der Waals surface area contributed by atoms with Crippen LogP contribution >= 0.6 is 15.9 Å². The van der Waals surface area contributed by atoms with Gasteiger partial charge in [0.2, 0.25) is 0 Å². The Morgan fingerprint density at radius 1 is 1.14 bits per heavy atom. The van der Waals surface area contributed by atoms with Gasteiger partial charge < -0.3 is 4.74 Å². The van der Waals surface area contributed by atoms with Crippen LogP contribution in [0.25, 0.3) is 0 Å². The van der Waals surface area contributed by atoms with E-state index in [1.165, 1.54) is 44.9 Å². The van der Waals surface area contributed by atoms with Crippen LogP contribution in [0.15, 0.2) is 0 Å². The number of hydrogen-bond acceptors (Lipinski definition) is 1. The van der Waals surface area contributed by atoms with E-state index in [1.807, 2.05) is 0 Å². The number of halogens is 1. The SMILES string of the molecule is CCCCCCC1(CBr)CCOCC1. The van der Waals surface area contributed by atoms with Gasteiger partial charge in [-0.1, -0.05) is 48.5 Å². The summed E-state index contributed by atoms with van der Waals surface area (Å²) in [6, 6.07) is 0. The molecule has 1 aliphatic heterocycles. The van der Waals surface area contributed by atoms with Crippen LogP contribution in [0.3, 0.4) is 0 Å². The first-order valence-corrected chi connectivity index (χ1v) is 7.09. The van der Waals surface area contributed by atoms with Crippen molar-refractivity contribution >= 4 is 15.9 Å². The highest BCUT2D eigenvalue weighted by Gasteiger charge is 2.30. The molecule has 2 heteroatoms. The largest absolute Gasteiger partial charge is 0.381 e. The third-order valence-corrected chi connectivity index (χ3v) is 4.59. The fourth-order valence-corrected chi connectivity index (χ4v) is 3.02. The van der Waals surface area contributed by atoms with Gasteiger partial charge in [-0.2, -0.15) is 0 Å². The van der Waals surface area contributed by atoms with E-state index in [2.05, 4.69) is 22.9 Å². The molecule has 0 bridgehead atoms. The highest BCUT2D eigenvalue weighted by atomic mass is 79.9. The van der Waals surface area contributed by atoms with Crippen molar-refractivity contribution in [3.63, 3.8) is 0 Å². The van der Waals surface area contributed by atoms with E-state index in [4.69, 9.17) is 4.74 Å². The van der Waals surface area contributed by atoms with Crippen LogP contribution in [-0.4, -0.2) is 18.5 Å². The average molecular weight is 263 g/mol. The molecule has 1 nitrogen and oxygen atoms in total. The summed E-state index contributed by atoms with van der Waals surface area (Å²) >= 11 is 3.68. The highest BCUT2D eigenvalue weighted by molar-refractivity contribution is 9.09. The molecule has 14 heavy (non-hydrogen) atoms. The average Bonchev–Trinajstić information content (AvgIpc) is 2.26. The van der Waals surface area contributed by atoms with Gasteiger partial charge in [0.25, 0.3) is 0 Å². The molecule has 0 N–H and O–H groups in total. The lowest BCUT2D eigenvalue weighted by atomic mass is 9.78. The van der Waals surface area contributed by atoms with Crippen LogP contribution in [0.2, 0.25) is 0 Å². The Morgan fingerprint density at radius 3 is 2.43 bits per heavy atom. The van der Waals surface area contributed by atoms with Gasteiger partial charge in [0.05, 0.1) is 0 Å². The molecule has 1 saturated heterocycles. The van der Waals surface area contributed by atoms with Crippen molar-refractivity contribution in [1.82, 2.24) is 0 Å². The lowest BCUT2D eigenvalue weighted by molar-refractivity contribution is 0.0216. The van der Waals surface area contributed by atoms with Crippen molar-refractivity contribution in [3.8, 4) is 0 Å². The zero-order valence-electron chi connectivity index (χ0n) is 9.36. The number of hydrogen-bond donors (Lipinski definition) is 0. The molecule has 1 aliphatic rings. The van der Waals surface area contributed by atoms with E-state index < -0.39 is 0 Å². The van der Waals surface area contributed by atoms with Gasteiger partial charge in [0, 0.05) is 18.5 Å². The van der Waals surface area contributed by atoms with Gasteiger partial charge in [-0.3, -0.25) is 0 Å². The van der Waals surface area contributed by atoms with Crippen molar-refractivity contribution in [3.05, 3.63) is 0 Å². The van der Waals surface area contributed by atoms with Gasteiger partial charge in [0.15, 0.2) is 0 Å². The summed E-state index contributed by atoms with van der Waals surface area (Å²) in [5, 5.41) is 1.16. The lowest BCUT2D eigenvalue weighted by Crippen LogP contribution is -2.31. The third kappa shape index (κ3) is 3.90. The first-order chi connectivity index (χ1) is 6.83. The Balaban J connectivity index is 2.22. The van der Waals surface area contributed by atoms with Crippen molar-refractivity contribution < 1.29 is 4.74 Å². The highest BCUT2D eigenvalue weighted by Crippen LogP contribution is 2.37. The maximum atomic E-state index is 5.43. The number of rotatable bonds is 6. The minimum Gasteiger partial charge on any atom is -0.381 e. The normalized spacial score (nSPS) is 21.0. The molecule has 84 valence electrons. The number of unbranched alkanes of at least 4 members (excludes halogenated alkanes) is 3. The van der Waals surface area contributed by atoms with Gasteiger partial charge in [0.1, 0.15) is 0 Å². The van der Waals surface area contributed by atoms with E-state index in [-0.39, 0.29) is 0 Å². The molecule has 1 heterocycles. The maximum absolute atomic E-state index is 5.43. The monoisotopic (exact) mass is 262 g/mol. The van der Waals surface area contributed by atoms with Crippen LogP contribution in [0.5, 0.6) is 0 Å². The Morgan fingerprint density at radius 2 is 1.86 bits per heavy atom. The summed E-state index contributed by atoms with van der Waals surface area (Å²) in [7, 11) is 0. The van der Waals surface area contributed by atoms with Crippen molar-refractivity contribution in [2.45, 2.75) is 51.9 Å². The van der Waals surface area contributed by atoms with E-state index in [0.717, 1.165) is 18.5 Å². The summed E-state index contributed by atoms with van der Waals surface area (Å²) in [6.45, 7) is 4.22. The Labute approximate surface area is 96.7 Å². The second-order valence-electron chi connectivity index (χ2n) is 4.56. The van der Waals surface area contributed by atoms with Crippen LogP contribution in [0.1, 0.15) is 51.9 Å².